The number of hydrogen-bond acceptors (Lipinski definition) is 2. The summed E-state index contributed by atoms with van der Waals surface area (Å²) in [5.74, 6) is -1.09. The van der Waals surface area contributed by atoms with Gasteiger partial charge in [-0.15, -0.1) is 5.10 Å². The lowest BCUT2D eigenvalue weighted by Crippen LogP contribution is -2.27. The van der Waals surface area contributed by atoms with Crippen molar-refractivity contribution in [1.82, 2.24) is 15.5 Å². The van der Waals surface area contributed by atoms with E-state index < -0.39 is 5.95 Å². The van der Waals surface area contributed by atoms with E-state index in [9.17, 15) is 9.18 Å². The molecule has 0 radical (unpaired) electrons. The molecule has 0 spiro atoms. The lowest BCUT2D eigenvalue weighted by Gasteiger charge is -2.12. The first-order chi connectivity index (χ1) is 11.0. The molecule has 0 aliphatic heterocycles. The van der Waals surface area contributed by atoms with Crippen LogP contribution < -0.4 is 5.32 Å². The van der Waals surface area contributed by atoms with Crippen molar-refractivity contribution in [2.75, 3.05) is 0 Å². The third-order valence-corrected chi connectivity index (χ3v) is 4.50. The number of hydrogen-bond donors (Lipinski definition) is 2. The number of aromatic nitrogens is 2. The average Bonchev–Trinajstić information content (AvgIpc) is 3.24. The Labute approximate surface area is 135 Å². The van der Waals surface area contributed by atoms with Crippen molar-refractivity contribution in [2.45, 2.75) is 52.5 Å². The van der Waals surface area contributed by atoms with Gasteiger partial charge >= 0.3 is 0 Å². The van der Waals surface area contributed by atoms with Crippen LogP contribution in [-0.4, -0.2) is 22.1 Å². The van der Waals surface area contributed by atoms with Gasteiger partial charge in [0.15, 0.2) is 0 Å². The number of nitrogens with zero attached hydrogens (tertiary/aromatic N) is 1. The Hall–Kier alpha value is -2.17. The predicted octanol–water partition coefficient (Wildman–Crippen LogP) is 3.21. The number of carbonyl (C=O) groups is 1. The Morgan fingerprint density at radius 3 is 2.57 bits per heavy atom. The van der Waals surface area contributed by atoms with Crippen molar-refractivity contribution in [1.29, 1.82) is 0 Å². The molecule has 1 amide bonds. The molecule has 1 aromatic carbocycles. The van der Waals surface area contributed by atoms with Crippen molar-refractivity contribution >= 4 is 5.91 Å². The Morgan fingerprint density at radius 2 is 1.96 bits per heavy atom. The van der Waals surface area contributed by atoms with E-state index in [2.05, 4.69) is 48.4 Å². The zero-order valence-corrected chi connectivity index (χ0v) is 13.8. The number of aromatic amines is 1. The van der Waals surface area contributed by atoms with Crippen LogP contribution in [0.15, 0.2) is 12.1 Å². The van der Waals surface area contributed by atoms with Crippen molar-refractivity contribution in [3.05, 3.63) is 51.6 Å². The van der Waals surface area contributed by atoms with Crippen molar-refractivity contribution in [3.63, 3.8) is 0 Å². The highest BCUT2D eigenvalue weighted by molar-refractivity contribution is 5.95. The van der Waals surface area contributed by atoms with E-state index in [1.165, 1.54) is 16.7 Å². The second-order valence-corrected chi connectivity index (χ2v) is 6.35. The van der Waals surface area contributed by atoms with Gasteiger partial charge in [-0.1, -0.05) is 19.1 Å². The van der Waals surface area contributed by atoms with Crippen LogP contribution in [0.1, 0.15) is 58.1 Å². The first-order valence-corrected chi connectivity index (χ1v) is 8.12. The molecule has 1 aliphatic rings. The topological polar surface area (TPSA) is 57.8 Å². The summed E-state index contributed by atoms with van der Waals surface area (Å²) in [6.45, 7) is 6.25. The minimum atomic E-state index is -0.722. The van der Waals surface area contributed by atoms with E-state index >= 15 is 0 Å². The number of aryl methyl sites for hydroxylation is 3. The number of amides is 1. The van der Waals surface area contributed by atoms with Gasteiger partial charge in [0.25, 0.3) is 5.91 Å². The molecule has 23 heavy (non-hydrogen) atoms. The molecule has 0 saturated heterocycles. The number of nitrogens with one attached hydrogen (secondary N) is 2. The lowest BCUT2D eigenvalue weighted by molar-refractivity contribution is 0.0946. The van der Waals surface area contributed by atoms with Gasteiger partial charge in [0.1, 0.15) is 5.56 Å². The number of carbonyl (C=O) groups excluding carboxylic acids is 1. The first kappa shape index (κ1) is 15.7. The van der Waals surface area contributed by atoms with Crippen LogP contribution in [0.25, 0.3) is 0 Å². The molecule has 1 fully saturated rings. The van der Waals surface area contributed by atoms with E-state index in [-0.39, 0.29) is 17.5 Å². The Balaban J connectivity index is 1.91. The zero-order chi connectivity index (χ0) is 16.6. The normalized spacial score (nSPS) is 14.1. The largest absolute Gasteiger partial charge is 0.349 e. The van der Waals surface area contributed by atoms with Crippen LogP contribution in [-0.2, 0) is 12.8 Å². The molecule has 2 N–H and O–H groups in total. The minimum absolute atomic E-state index is 0.0529. The number of rotatable bonds is 5. The molecular weight excluding hydrogens is 293 g/mol. The van der Waals surface area contributed by atoms with Crippen LogP contribution in [0.2, 0.25) is 0 Å². The molecule has 3 rings (SSSR count). The fraction of sp³-hybridized carbons (Fsp3) is 0.444. The molecule has 1 heterocycles. The van der Waals surface area contributed by atoms with Gasteiger partial charge in [0, 0.05) is 12.5 Å². The van der Waals surface area contributed by atoms with E-state index in [1.54, 1.807) is 0 Å². The van der Waals surface area contributed by atoms with Crippen LogP contribution in [0.3, 0.4) is 0 Å². The monoisotopic (exact) mass is 315 g/mol. The van der Waals surface area contributed by atoms with Gasteiger partial charge in [0.05, 0.1) is 5.69 Å². The third-order valence-electron chi connectivity index (χ3n) is 4.50. The first-order valence-electron chi connectivity index (χ1n) is 8.12. The Kier molecular flexibility index (Phi) is 4.20. The molecule has 2 aromatic rings. The molecule has 1 saturated carbocycles. The van der Waals surface area contributed by atoms with Crippen LogP contribution >= 0.6 is 0 Å². The summed E-state index contributed by atoms with van der Waals surface area (Å²) in [4.78, 5) is 12.3. The van der Waals surface area contributed by atoms with Crippen molar-refractivity contribution < 1.29 is 9.18 Å². The van der Waals surface area contributed by atoms with Crippen LogP contribution in [0.4, 0.5) is 4.39 Å². The molecule has 1 aliphatic carbocycles. The SMILES string of the molecule is CCc1cc(C)c(C)cc1Cc1[nH]nc(F)c1C(=O)NC1CC1. The van der Waals surface area contributed by atoms with Crippen molar-refractivity contribution in [2.24, 2.45) is 0 Å². The number of halogens is 1. The van der Waals surface area contributed by atoms with E-state index in [1.807, 2.05) is 0 Å². The highest BCUT2D eigenvalue weighted by Crippen LogP contribution is 2.23. The maximum atomic E-state index is 14.0. The Bertz CT molecular complexity index is 747. The van der Waals surface area contributed by atoms with E-state index in [0.29, 0.717) is 12.1 Å². The molecule has 1 aromatic heterocycles. The number of H-pyrrole nitrogens is 1. The second kappa shape index (κ2) is 6.14. The highest BCUT2D eigenvalue weighted by Gasteiger charge is 2.28. The molecule has 4 nitrogen and oxygen atoms in total. The predicted molar refractivity (Wildman–Crippen MR) is 87.1 cm³/mol. The quantitative estimate of drug-likeness (QED) is 0.890. The summed E-state index contributed by atoms with van der Waals surface area (Å²) in [5, 5.41) is 9.13. The number of benzene rings is 1. The fourth-order valence-corrected chi connectivity index (χ4v) is 2.82. The summed E-state index contributed by atoms with van der Waals surface area (Å²) in [6, 6.07) is 4.48. The molecular formula is C18H22FN3O. The van der Waals surface area contributed by atoms with Gasteiger partial charge < -0.3 is 5.32 Å². The Morgan fingerprint density at radius 1 is 1.30 bits per heavy atom. The molecule has 0 bridgehead atoms. The standard InChI is InChI=1S/C18H22FN3O/c1-4-12-7-10(2)11(3)8-13(12)9-15-16(17(19)22-21-15)18(23)20-14-5-6-14/h7-8,14H,4-6,9H2,1-3H3,(H,20,23)(H,21,22). The van der Waals surface area contributed by atoms with Gasteiger partial charge in [-0.25, -0.2) is 0 Å². The van der Waals surface area contributed by atoms with Crippen molar-refractivity contribution in [3.8, 4) is 0 Å². The van der Waals surface area contributed by atoms with Gasteiger partial charge in [-0.2, -0.15) is 4.39 Å². The molecule has 0 unspecified atom stereocenters. The molecule has 5 heteroatoms. The summed E-state index contributed by atoms with van der Waals surface area (Å²) in [5.41, 5.74) is 5.36. The third kappa shape index (κ3) is 3.28. The second-order valence-electron chi connectivity index (χ2n) is 6.35. The average molecular weight is 315 g/mol. The van der Waals surface area contributed by atoms with Crippen LogP contribution in [0.5, 0.6) is 0 Å². The zero-order valence-electron chi connectivity index (χ0n) is 13.8. The molecule has 0 atom stereocenters. The van der Waals surface area contributed by atoms with Gasteiger partial charge in [-0.3, -0.25) is 9.89 Å². The summed E-state index contributed by atoms with van der Waals surface area (Å²) in [6.07, 6.45) is 3.32. The minimum Gasteiger partial charge on any atom is -0.349 e. The lowest BCUT2D eigenvalue weighted by atomic mass is 9.94. The summed E-state index contributed by atoms with van der Waals surface area (Å²) < 4.78 is 14.0. The maximum absolute atomic E-state index is 14.0. The van der Waals surface area contributed by atoms with E-state index in [0.717, 1.165) is 24.8 Å². The summed E-state index contributed by atoms with van der Waals surface area (Å²) >= 11 is 0. The fourth-order valence-electron chi connectivity index (χ4n) is 2.82. The maximum Gasteiger partial charge on any atom is 0.258 e. The highest BCUT2D eigenvalue weighted by atomic mass is 19.1. The van der Waals surface area contributed by atoms with Gasteiger partial charge in [-0.05, 0) is 55.4 Å². The summed E-state index contributed by atoms with van der Waals surface area (Å²) in [7, 11) is 0. The van der Waals surface area contributed by atoms with E-state index in [4.69, 9.17) is 0 Å². The van der Waals surface area contributed by atoms with Gasteiger partial charge in [0.2, 0.25) is 5.95 Å². The van der Waals surface area contributed by atoms with Crippen LogP contribution in [0, 0.1) is 19.8 Å². The molecule has 122 valence electrons. The smallest absolute Gasteiger partial charge is 0.258 e.